The van der Waals surface area contributed by atoms with Gasteiger partial charge in [-0.3, -0.25) is 4.79 Å². The zero-order valence-electron chi connectivity index (χ0n) is 11.4. The number of carbonyl (C=O) groups excluding carboxylic acids is 1. The second-order valence-corrected chi connectivity index (χ2v) is 5.52. The number of hydrogen-bond acceptors (Lipinski definition) is 2. The van der Waals surface area contributed by atoms with Gasteiger partial charge in [0.2, 0.25) is 5.91 Å². The van der Waals surface area contributed by atoms with Crippen LogP contribution in [0, 0.1) is 5.92 Å². The average Bonchev–Trinajstić information content (AvgIpc) is 2.36. The summed E-state index contributed by atoms with van der Waals surface area (Å²) in [5, 5.41) is 3.34. The Bertz CT molecular complexity index is 428. The number of nitrogens with one attached hydrogen (secondary N) is 1. The largest absolute Gasteiger partial charge is 0.344 e. The van der Waals surface area contributed by atoms with E-state index in [1.54, 1.807) is 0 Å². The molecule has 0 aliphatic carbocycles. The fraction of sp³-hybridized carbons (Fsp3) is 0.533. The number of hydrogen-bond donors (Lipinski definition) is 1. The molecule has 1 aromatic carbocycles. The van der Waals surface area contributed by atoms with Crippen molar-refractivity contribution in [3.63, 3.8) is 0 Å². The van der Waals surface area contributed by atoms with Gasteiger partial charge in [0.15, 0.2) is 0 Å². The summed E-state index contributed by atoms with van der Waals surface area (Å²) in [5.41, 5.74) is 2.61. The van der Waals surface area contributed by atoms with Gasteiger partial charge in [0.25, 0.3) is 0 Å². The number of fused-ring (bicyclic) bond motifs is 1. The molecule has 3 heteroatoms. The highest BCUT2D eigenvalue weighted by Gasteiger charge is 2.26. The monoisotopic (exact) mass is 246 g/mol. The molecule has 0 saturated heterocycles. The fourth-order valence-corrected chi connectivity index (χ4v) is 2.53. The third-order valence-corrected chi connectivity index (χ3v) is 3.39. The number of carbonyl (C=O) groups is 1. The zero-order valence-corrected chi connectivity index (χ0v) is 11.4. The maximum Gasteiger partial charge on any atom is 0.239 e. The SMILES string of the molecule is CC(C)CN(C)C(=O)[C@H]1Cc2ccccc2CN1. The van der Waals surface area contributed by atoms with Crippen LogP contribution in [0.4, 0.5) is 0 Å². The topological polar surface area (TPSA) is 32.3 Å². The summed E-state index contributed by atoms with van der Waals surface area (Å²) in [6, 6.07) is 8.28. The number of nitrogens with zero attached hydrogens (tertiary/aromatic N) is 1. The van der Waals surface area contributed by atoms with Gasteiger partial charge in [0.05, 0.1) is 6.04 Å². The fourth-order valence-electron chi connectivity index (χ4n) is 2.53. The second-order valence-electron chi connectivity index (χ2n) is 5.52. The molecule has 1 aliphatic heterocycles. The van der Waals surface area contributed by atoms with Crippen LogP contribution >= 0.6 is 0 Å². The molecular weight excluding hydrogens is 224 g/mol. The Morgan fingerprint density at radius 2 is 2.06 bits per heavy atom. The summed E-state index contributed by atoms with van der Waals surface area (Å²) >= 11 is 0. The van der Waals surface area contributed by atoms with Crippen molar-refractivity contribution < 1.29 is 4.79 Å². The van der Waals surface area contributed by atoms with E-state index in [1.165, 1.54) is 11.1 Å². The van der Waals surface area contributed by atoms with Crippen LogP contribution in [0.1, 0.15) is 25.0 Å². The van der Waals surface area contributed by atoms with Crippen LogP contribution in [-0.2, 0) is 17.8 Å². The highest BCUT2D eigenvalue weighted by atomic mass is 16.2. The first-order valence-electron chi connectivity index (χ1n) is 6.63. The summed E-state index contributed by atoms with van der Waals surface area (Å²) in [6.07, 6.45) is 0.803. The van der Waals surface area contributed by atoms with Crippen molar-refractivity contribution in [1.29, 1.82) is 0 Å². The maximum atomic E-state index is 12.3. The number of amides is 1. The molecule has 0 bridgehead atoms. The molecule has 1 aliphatic rings. The Morgan fingerprint density at radius 3 is 2.72 bits per heavy atom. The molecule has 1 N–H and O–H groups in total. The van der Waals surface area contributed by atoms with Gasteiger partial charge in [-0.25, -0.2) is 0 Å². The second kappa shape index (κ2) is 5.53. The molecule has 0 unspecified atom stereocenters. The first-order chi connectivity index (χ1) is 8.58. The highest BCUT2D eigenvalue weighted by Crippen LogP contribution is 2.17. The average molecular weight is 246 g/mol. The Kier molecular flexibility index (Phi) is 4.02. The van der Waals surface area contributed by atoms with Crippen LogP contribution in [-0.4, -0.2) is 30.4 Å². The van der Waals surface area contributed by atoms with Gasteiger partial charge in [-0.15, -0.1) is 0 Å². The molecule has 0 fully saturated rings. The lowest BCUT2D eigenvalue weighted by Gasteiger charge is -2.29. The number of rotatable bonds is 3. The first-order valence-corrected chi connectivity index (χ1v) is 6.63. The molecule has 1 aromatic rings. The predicted molar refractivity (Wildman–Crippen MR) is 73.2 cm³/mol. The Labute approximate surface area is 109 Å². The Morgan fingerprint density at radius 1 is 1.39 bits per heavy atom. The van der Waals surface area contributed by atoms with Crippen molar-refractivity contribution in [1.82, 2.24) is 10.2 Å². The zero-order chi connectivity index (χ0) is 13.1. The van der Waals surface area contributed by atoms with E-state index in [-0.39, 0.29) is 11.9 Å². The molecule has 0 radical (unpaired) electrons. The van der Waals surface area contributed by atoms with E-state index in [9.17, 15) is 4.79 Å². The molecule has 18 heavy (non-hydrogen) atoms. The standard InChI is InChI=1S/C15H22N2O/c1-11(2)10-17(3)15(18)14-8-12-6-4-5-7-13(12)9-16-14/h4-7,11,14,16H,8-10H2,1-3H3/t14-/m1/s1. The van der Waals surface area contributed by atoms with E-state index >= 15 is 0 Å². The van der Waals surface area contributed by atoms with Crippen molar-refractivity contribution in [2.24, 2.45) is 5.92 Å². The van der Waals surface area contributed by atoms with Gasteiger partial charge >= 0.3 is 0 Å². The number of benzene rings is 1. The van der Waals surface area contributed by atoms with E-state index in [0.29, 0.717) is 5.92 Å². The summed E-state index contributed by atoms with van der Waals surface area (Å²) in [7, 11) is 1.89. The molecule has 1 atom stereocenters. The van der Waals surface area contributed by atoms with Gasteiger partial charge in [-0.1, -0.05) is 38.1 Å². The smallest absolute Gasteiger partial charge is 0.239 e. The molecule has 0 saturated carbocycles. The molecule has 98 valence electrons. The molecule has 2 rings (SSSR count). The van der Waals surface area contributed by atoms with Crippen molar-refractivity contribution in [2.45, 2.75) is 32.9 Å². The van der Waals surface area contributed by atoms with Crippen molar-refractivity contribution >= 4 is 5.91 Å². The minimum absolute atomic E-state index is 0.0661. The molecule has 0 spiro atoms. The lowest BCUT2D eigenvalue weighted by molar-refractivity contribution is -0.132. The third-order valence-electron chi connectivity index (χ3n) is 3.39. The number of likely N-dealkylation sites (N-methyl/N-ethyl adjacent to an activating group) is 1. The summed E-state index contributed by atoms with van der Waals surface area (Å²) < 4.78 is 0. The molecular formula is C15H22N2O. The lowest BCUT2D eigenvalue weighted by atomic mass is 9.95. The van der Waals surface area contributed by atoms with Gasteiger partial charge < -0.3 is 10.2 Å². The van der Waals surface area contributed by atoms with Crippen molar-refractivity contribution in [2.75, 3.05) is 13.6 Å². The van der Waals surface area contributed by atoms with E-state index in [4.69, 9.17) is 0 Å². The normalized spacial score (nSPS) is 18.6. The summed E-state index contributed by atoms with van der Waals surface area (Å²) in [4.78, 5) is 14.2. The van der Waals surface area contributed by atoms with E-state index in [0.717, 1.165) is 19.5 Å². The third kappa shape index (κ3) is 2.91. The van der Waals surface area contributed by atoms with Gasteiger partial charge in [0, 0.05) is 20.1 Å². The van der Waals surface area contributed by atoms with E-state index < -0.39 is 0 Å². The van der Waals surface area contributed by atoms with Crippen LogP contribution in [0.25, 0.3) is 0 Å². The summed E-state index contributed by atoms with van der Waals surface area (Å²) in [5.74, 6) is 0.716. The molecule has 3 nitrogen and oxygen atoms in total. The Balaban J connectivity index is 2.02. The Hall–Kier alpha value is -1.35. The quantitative estimate of drug-likeness (QED) is 0.882. The van der Waals surface area contributed by atoms with Crippen LogP contribution in [0.3, 0.4) is 0 Å². The van der Waals surface area contributed by atoms with Gasteiger partial charge in [-0.2, -0.15) is 0 Å². The summed E-state index contributed by atoms with van der Waals surface area (Å²) in [6.45, 7) is 5.88. The van der Waals surface area contributed by atoms with Crippen LogP contribution in [0.2, 0.25) is 0 Å². The van der Waals surface area contributed by atoms with Crippen LogP contribution in [0.5, 0.6) is 0 Å². The van der Waals surface area contributed by atoms with Crippen molar-refractivity contribution in [3.05, 3.63) is 35.4 Å². The van der Waals surface area contributed by atoms with E-state index in [1.807, 2.05) is 24.1 Å². The predicted octanol–water partition coefficient (Wildman–Crippen LogP) is 1.82. The minimum atomic E-state index is -0.0661. The highest BCUT2D eigenvalue weighted by molar-refractivity contribution is 5.82. The van der Waals surface area contributed by atoms with Crippen LogP contribution < -0.4 is 5.32 Å². The molecule has 1 heterocycles. The molecule has 0 aromatic heterocycles. The van der Waals surface area contributed by atoms with Gasteiger partial charge in [-0.05, 0) is 23.5 Å². The lowest BCUT2D eigenvalue weighted by Crippen LogP contribution is -2.48. The maximum absolute atomic E-state index is 12.3. The first kappa shape index (κ1) is 13.1. The minimum Gasteiger partial charge on any atom is -0.344 e. The van der Waals surface area contributed by atoms with Crippen molar-refractivity contribution in [3.8, 4) is 0 Å². The van der Waals surface area contributed by atoms with E-state index in [2.05, 4.69) is 31.3 Å². The van der Waals surface area contributed by atoms with Crippen LogP contribution in [0.15, 0.2) is 24.3 Å². The van der Waals surface area contributed by atoms with Gasteiger partial charge in [0.1, 0.15) is 0 Å². The molecule has 1 amide bonds.